The number of hydrogen-bond donors (Lipinski definition) is 0. The first-order valence-electron chi connectivity index (χ1n) is 6.24. The van der Waals surface area contributed by atoms with Crippen molar-refractivity contribution in [3.05, 3.63) is 30.3 Å². The van der Waals surface area contributed by atoms with Gasteiger partial charge in [-0.05, 0) is 18.6 Å². The molecule has 0 unspecified atom stereocenters. The predicted octanol–water partition coefficient (Wildman–Crippen LogP) is 2.43. The van der Waals surface area contributed by atoms with E-state index >= 15 is 0 Å². The number of rotatable bonds is 9. The number of esters is 1. The van der Waals surface area contributed by atoms with Gasteiger partial charge in [0, 0.05) is 6.61 Å². The zero-order valence-corrected chi connectivity index (χ0v) is 10.8. The molecular formula is C14H20O4. The van der Waals surface area contributed by atoms with Crippen LogP contribution in [0.1, 0.15) is 19.8 Å². The van der Waals surface area contributed by atoms with Crippen LogP contribution in [-0.4, -0.2) is 32.4 Å². The minimum absolute atomic E-state index is 0.0705. The molecule has 0 atom stereocenters. The number of carbonyl (C=O) groups excluding carboxylic acids is 1. The first kappa shape index (κ1) is 14.5. The highest BCUT2D eigenvalue weighted by Crippen LogP contribution is 2.07. The van der Waals surface area contributed by atoms with Gasteiger partial charge in [-0.1, -0.05) is 31.5 Å². The second-order valence-electron chi connectivity index (χ2n) is 3.79. The van der Waals surface area contributed by atoms with Crippen LogP contribution in [0.3, 0.4) is 0 Å². The van der Waals surface area contributed by atoms with E-state index in [2.05, 4.69) is 6.92 Å². The number of ether oxygens (including phenoxy) is 3. The lowest BCUT2D eigenvalue weighted by Crippen LogP contribution is -2.17. The molecule has 1 aromatic rings. The molecule has 0 aromatic heterocycles. The zero-order chi connectivity index (χ0) is 13.1. The quantitative estimate of drug-likeness (QED) is 0.500. The lowest BCUT2D eigenvalue weighted by Gasteiger charge is -2.07. The first-order chi connectivity index (χ1) is 8.83. The summed E-state index contributed by atoms with van der Waals surface area (Å²) < 4.78 is 15.5. The molecule has 1 rings (SSSR count). The number of carbonyl (C=O) groups is 1. The van der Waals surface area contributed by atoms with E-state index in [9.17, 15) is 4.79 Å². The molecule has 4 heteroatoms. The summed E-state index contributed by atoms with van der Waals surface area (Å²) in [6.07, 6.45) is 2.13. The zero-order valence-electron chi connectivity index (χ0n) is 10.8. The van der Waals surface area contributed by atoms with Gasteiger partial charge in [0.15, 0.2) is 6.61 Å². The molecule has 100 valence electrons. The van der Waals surface area contributed by atoms with Crippen LogP contribution >= 0.6 is 0 Å². The van der Waals surface area contributed by atoms with Crippen molar-refractivity contribution >= 4 is 5.97 Å². The second kappa shape index (κ2) is 9.48. The van der Waals surface area contributed by atoms with Gasteiger partial charge < -0.3 is 14.2 Å². The van der Waals surface area contributed by atoms with Gasteiger partial charge in [0.25, 0.3) is 0 Å². The Morgan fingerprint density at radius 1 is 1.11 bits per heavy atom. The van der Waals surface area contributed by atoms with Gasteiger partial charge in [0.2, 0.25) is 0 Å². The molecule has 0 radical (unpaired) electrons. The molecule has 0 bridgehead atoms. The van der Waals surface area contributed by atoms with Crippen molar-refractivity contribution in [2.75, 3.05) is 26.4 Å². The Morgan fingerprint density at radius 2 is 1.89 bits per heavy atom. The van der Waals surface area contributed by atoms with Crippen LogP contribution in [0.2, 0.25) is 0 Å². The normalized spacial score (nSPS) is 10.1. The van der Waals surface area contributed by atoms with Crippen LogP contribution in [0.4, 0.5) is 0 Å². The van der Waals surface area contributed by atoms with Crippen molar-refractivity contribution in [1.82, 2.24) is 0 Å². The summed E-state index contributed by atoms with van der Waals surface area (Å²) in [6.45, 7) is 3.47. The number of unbranched alkanes of at least 4 members (excludes halogenated alkanes) is 1. The van der Waals surface area contributed by atoms with Crippen LogP contribution in [0.15, 0.2) is 30.3 Å². The fourth-order valence-electron chi connectivity index (χ4n) is 1.26. The third-order valence-corrected chi connectivity index (χ3v) is 2.23. The summed E-state index contributed by atoms with van der Waals surface area (Å²) in [5.41, 5.74) is 0. The van der Waals surface area contributed by atoms with E-state index in [1.54, 1.807) is 12.1 Å². The third kappa shape index (κ3) is 6.91. The van der Waals surface area contributed by atoms with Crippen molar-refractivity contribution in [3.63, 3.8) is 0 Å². The van der Waals surface area contributed by atoms with Crippen molar-refractivity contribution in [3.8, 4) is 5.75 Å². The van der Waals surface area contributed by atoms with Crippen molar-refractivity contribution in [2.45, 2.75) is 19.8 Å². The Kier molecular flexibility index (Phi) is 7.64. The van der Waals surface area contributed by atoms with E-state index in [1.807, 2.05) is 18.2 Å². The Balaban J connectivity index is 2.01. The Morgan fingerprint density at radius 3 is 2.61 bits per heavy atom. The van der Waals surface area contributed by atoms with Gasteiger partial charge in [-0.2, -0.15) is 0 Å². The summed E-state index contributed by atoms with van der Waals surface area (Å²) in [5.74, 6) is 0.284. The standard InChI is InChI=1S/C14H20O4/c1-2-3-9-16-10-11-17-14(15)12-18-13-7-5-4-6-8-13/h4-8H,2-3,9-12H2,1H3. The van der Waals surface area contributed by atoms with Crippen LogP contribution in [0.5, 0.6) is 5.75 Å². The summed E-state index contributed by atoms with van der Waals surface area (Å²) in [7, 11) is 0. The van der Waals surface area contributed by atoms with Gasteiger partial charge in [0.05, 0.1) is 6.61 Å². The Bertz CT molecular complexity index is 324. The smallest absolute Gasteiger partial charge is 0.344 e. The van der Waals surface area contributed by atoms with E-state index in [0.29, 0.717) is 19.0 Å². The highest BCUT2D eigenvalue weighted by molar-refractivity contribution is 5.71. The van der Waals surface area contributed by atoms with Crippen molar-refractivity contribution < 1.29 is 19.0 Å². The Labute approximate surface area is 108 Å². The third-order valence-electron chi connectivity index (χ3n) is 2.23. The number of benzene rings is 1. The SMILES string of the molecule is CCCCOCCOC(=O)COc1ccccc1. The van der Waals surface area contributed by atoms with Gasteiger partial charge in [0.1, 0.15) is 12.4 Å². The maximum Gasteiger partial charge on any atom is 0.344 e. The molecule has 0 amide bonds. The monoisotopic (exact) mass is 252 g/mol. The Hall–Kier alpha value is -1.55. The van der Waals surface area contributed by atoms with Crippen LogP contribution < -0.4 is 4.74 Å². The molecule has 0 heterocycles. The van der Waals surface area contributed by atoms with E-state index in [-0.39, 0.29) is 19.2 Å². The molecule has 0 aliphatic heterocycles. The number of para-hydroxylation sites is 1. The summed E-state index contributed by atoms with van der Waals surface area (Å²) in [6, 6.07) is 9.17. The van der Waals surface area contributed by atoms with Crippen LogP contribution in [0.25, 0.3) is 0 Å². The summed E-state index contributed by atoms with van der Waals surface area (Å²) in [5, 5.41) is 0. The molecule has 1 aromatic carbocycles. The fraction of sp³-hybridized carbons (Fsp3) is 0.500. The molecule has 0 N–H and O–H groups in total. The summed E-state index contributed by atoms with van der Waals surface area (Å²) in [4.78, 5) is 11.3. The van der Waals surface area contributed by atoms with E-state index in [1.165, 1.54) is 0 Å². The lowest BCUT2D eigenvalue weighted by atomic mass is 10.3. The minimum Gasteiger partial charge on any atom is -0.482 e. The largest absolute Gasteiger partial charge is 0.482 e. The molecular weight excluding hydrogens is 232 g/mol. The molecule has 0 aliphatic rings. The van der Waals surface area contributed by atoms with E-state index in [0.717, 1.165) is 12.8 Å². The first-order valence-corrected chi connectivity index (χ1v) is 6.24. The fourth-order valence-corrected chi connectivity index (χ4v) is 1.26. The summed E-state index contributed by atoms with van der Waals surface area (Å²) >= 11 is 0. The number of hydrogen-bond acceptors (Lipinski definition) is 4. The predicted molar refractivity (Wildman–Crippen MR) is 68.6 cm³/mol. The van der Waals surface area contributed by atoms with Crippen LogP contribution in [0, 0.1) is 0 Å². The molecule has 0 aliphatic carbocycles. The van der Waals surface area contributed by atoms with Gasteiger partial charge >= 0.3 is 5.97 Å². The maximum absolute atomic E-state index is 11.3. The molecule has 18 heavy (non-hydrogen) atoms. The van der Waals surface area contributed by atoms with Crippen molar-refractivity contribution in [2.24, 2.45) is 0 Å². The molecule has 4 nitrogen and oxygen atoms in total. The maximum atomic E-state index is 11.3. The average Bonchev–Trinajstić information content (AvgIpc) is 2.41. The lowest BCUT2D eigenvalue weighted by molar-refractivity contribution is -0.147. The van der Waals surface area contributed by atoms with Crippen LogP contribution in [-0.2, 0) is 14.3 Å². The minimum atomic E-state index is -0.377. The van der Waals surface area contributed by atoms with Crippen molar-refractivity contribution in [1.29, 1.82) is 0 Å². The van der Waals surface area contributed by atoms with E-state index in [4.69, 9.17) is 14.2 Å². The highest BCUT2D eigenvalue weighted by atomic mass is 16.6. The second-order valence-corrected chi connectivity index (χ2v) is 3.79. The van der Waals surface area contributed by atoms with Gasteiger partial charge in [-0.3, -0.25) is 0 Å². The molecule has 0 saturated carbocycles. The van der Waals surface area contributed by atoms with Gasteiger partial charge in [-0.25, -0.2) is 4.79 Å². The van der Waals surface area contributed by atoms with E-state index < -0.39 is 0 Å². The molecule has 0 spiro atoms. The molecule has 0 fully saturated rings. The molecule has 0 saturated heterocycles. The van der Waals surface area contributed by atoms with Gasteiger partial charge in [-0.15, -0.1) is 0 Å². The average molecular weight is 252 g/mol. The topological polar surface area (TPSA) is 44.8 Å². The highest BCUT2D eigenvalue weighted by Gasteiger charge is 2.03.